The van der Waals surface area contributed by atoms with Crippen LogP contribution in [0.25, 0.3) is 0 Å². The first kappa shape index (κ1) is 11.1. The fourth-order valence-electron chi connectivity index (χ4n) is 1.39. The predicted molar refractivity (Wildman–Crippen MR) is 61.5 cm³/mol. The molecular weight excluding hydrogens is 220 g/mol. The van der Waals surface area contributed by atoms with Crippen LogP contribution in [0.5, 0.6) is 0 Å². The number of carbonyl (C=O) groups excluding carboxylic acids is 1. The molecule has 2 rings (SSSR count). The maximum atomic E-state index is 11.9. The first-order chi connectivity index (χ1) is 8.31. The van der Waals surface area contributed by atoms with E-state index in [9.17, 15) is 4.79 Å². The largest absolute Gasteiger partial charge is 0.387 e. The van der Waals surface area contributed by atoms with E-state index in [1.54, 1.807) is 25.4 Å². The van der Waals surface area contributed by atoms with Crippen molar-refractivity contribution in [3.63, 3.8) is 0 Å². The summed E-state index contributed by atoms with van der Waals surface area (Å²) in [5.41, 5.74) is 1.23. The summed E-state index contributed by atoms with van der Waals surface area (Å²) in [5.74, 6) is 0.395. The fourth-order valence-corrected chi connectivity index (χ4v) is 1.39. The van der Waals surface area contributed by atoms with Crippen LogP contribution in [-0.2, 0) is 6.54 Å². The van der Waals surface area contributed by atoms with Crippen molar-refractivity contribution in [2.45, 2.75) is 6.54 Å². The summed E-state index contributed by atoms with van der Waals surface area (Å²) in [6.07, 6.45) is 4.67. The Balaban J connectivity index is 2.04. The number of nitrogens with zero attached hydrogens (tertiary/aromatic N) is 2. The van der Waals surface area contributed by atoms with Crippen LogP contribution in [-0.4, -0.2) is 23.1 Å². The number of rotatable bonds is 4. The van der Waals surface area contributed by atoms with Crippen LogP contribution in [0.1, 0.15) is 16.1 Å². The Hall–Kier alpha value is -2.37. The van der Waals surface area contributed by atoms with Crippen LogP contribution in [0.4, 0.5) is 5.69 Å². The normalized spacial score (nSPS) is 9.94. The molecule has 0 unspecified atom stereocenters. The first-order valence-electron chi connectivity index (χ1n) is 5.11. The molecule has 6 nitrogen and oxygen atoms in total. The van der Waals surface area contributed by atoms with Gasteiger partial charge in [0.05, 0.1) is 18.3 Å². The molecule has 2 N–H and O–H groups in total. The van der Waals surface area contributed by atoms with Crippen molar-refractivity contribution >= 4 is 11.6 Å². The third-order valence-corrected chi connectivity index (χ3v) is 2.25. The molecule has 1 amide bonds. The molecule has 0 aliphatic heterocycles. The van der Waals surface area contributed by atoms with Gasteiger partial charge in [0.15, 0.2) is 5.76 Å². The van der Waals surface area contributed by atoms with Crippen LogP contribution in [0.2, 0.25) is 0 Å². The number of amides is 1. The van der Waals surface area contributed by atoms with Gasteiger partial charge >= 0.3 is 0 Å². The molecule has 0 saturated heterocycles. The van der Waals surface area contributed by atoms with Crippen molar-refractivity contribution in [1.29, 1.82) is 0 Å². The van der Waals surface area contributed by atoms with Gasteiger partial charge in [0.25, 0.3) is 5.91 Å². The second-order valence-electron chi connectivity index (χ2n) is 3.33. The zero-order valence-electron chi connectivity index (χ0n) is 9.30. The summed E-state index contributed by atoms with van der Waals surface area (Å²) >= 11 is 0. The summed E-state index contributed by atoms with van der Waals surface area (Å²) in [4.78, 5) is 15.8. The lowest BCUT2D eigenvalue weighted by molar-refractivity contribution is 0.0947. The summed E-state index contributed by atoms with van der Waals surface area (Å²) in [6, 6.07) is 3.44. The Bertz CT molecular complexity index is 496. The highest BCUT2D eigenvalue weighted by molar-refractivity contribution is 5.99. The number of pyridine rings is 1. The monoisotopic (exact) mass is 232 g/mol. The zero-order valence-corrected chi connectivity index (χ0v) is 9.30. The van der Waals surface area contributed by atoms with Crippen LogP contribution in [0.15, 0.2) is 35.2 Å². The molecule has 6 heteroatoms. The molecule has 2 heterocycles. The molecule has 17 heavy (non-hydrogen) atoms. The van der Waals surface area contributed by atoms with E-state index in [1.807, 2.05) is 0 Å². The van der Waals surface area contributed by atoms with Crippen molar-refractivity contribution in [2.24, 2.45) is 0 Å². The molecule has 0 aliphatic rings. The van der Waals surface area contributed by atoms with E-state index in [0.29, 0.717) is 17.9 Å². The van der Waals surface area contributed by atoms with E-state index in [0.717, 1.165) is 5.69 Å². The van der Waals surface area contributed by atoms with E-state index in [-0.39, 0.29) is 5.91 Å². The van der Waals surface area contributed by atoms with Crippen LogP contribution >= 0.6 is 0 Å². The van der Waals surface area contributed by atoms with Gasteiger partial charge in [-0.1, -0.05) is 5.16 Å². The van der Waals surface area contributed by atoms with Crippen molar-refractivity contribution in [1.82, 2.24) is 15.5 Å². The molecule has 2 aromatic heterocycles. The number of carbonyl (C=O) groups is 1. The minimum Gasteiger partial charge on any atom is -0.387 e. The Morgan fingerprint density at radius 1 is 1.41 bits per heavy atom. The maximum Gasteiger partial charge on any atom is 0.255 e. The topological polar surface area (TPSA) is 80.0 Å². The predicted octanol–water partition coefficient (Wildman–Crippen LogP) is 1.04. The number of hydrogen-bond acceptors (Lipinski definition) is 5. The van der Waals surface area contributed by atoms with Crippen molar-refractivity contribution < 1.29 is 9.32 Å². The van der Waals surface area contributed by atoms with Gasteiger partial charge < -0.3 is 15.2 Å². The molecule has 88 valence electrons. The summed E-state index contributed by atoms with van der Waals surface area (Å²) in [6.45, 7) is 0.302. The molecule has 0 saturated carbocycles. The van der Waals surface area contributed by atoms with E-state index in [2.05, 4.69) is 20.8 Å². The highest BCUT2D eigenvalue weighted by atomic mass is 16.5. The zero-order chi connectivity index (χ0) is 12.1. The van der Waals surface area contributed by atoms with Gasteiger partial charge in [-0.3, -0.25) is 9.78 Å². The Morgan fingerprint density at radius 2 is 2.29 bits per heavy atom. The minimum atomic E-state index is -0.209. The molecular formula is C11H12N4O2. The van der Waals surface area contributed by atoms with Gasteiger partial charge in [-0.2, -0.15) is 0 Å². The molecule has 0 atom stereocenters. The van der Waals surface area contributed by atoms with E-state index in [4.69, 9.17) is 4.52 Å². The van der Waals surface area contributed by atoms with Gasteiger partial charge in [0.2, 0.25) is 0 Å². The van der Waals surface area contributed by atoms with Gasteiger partial charge in [-0.15, -0.1) is 0 Å². The molecule has 0 fully saturated rings. The molecule has 0 spiro atoms. The van der Waals surface area contributed by atoms with E-state index < -0.39 is 0 Å². The van der Waals surface area contributed by atoms with Crippen molar-refractivity contribution in [3.05, 3.63) is 42.0 Å². The number of nitrogens with one attached hydrogen (secondary N) is 2. The third-order valence-electron chi connectivity index (χ3n) is 2.25. The van der Waals surface area contributed by atoms with Crippen LogP contribution in [0, 0.1) is 0 Å². The summed E-state index contributed by atoms with van der Waals surface area (Å²) < 4.78 is 4.88. The number of anilines is 1. The Kier molecular flexibility index (Phi) is 3.34. The molecule has 0 radical (unpaired) electrons. The average Bonchev–Trinajstić information content (AvgIpc) is 2.89. The lowest BCUT2D eigenvalue weighted by Gasteiger charge is -2.07. The van der Waals surface area contributed by atoms with Gasteiger partial charge in [0.1, 0.15) is 0 Å². The quantitative estimate of drug-likeness (QED) is 0.823. The Morgan fingerprint density at radius 3 is 3.00 bits per heavy atom. The number of aromatic nitrogens is 2. The second kappa shape index (κ2) is 5.11. The lowest BCUT2D eigenvalue weighted by Crippen LogP contribution is -2.23. The molecule has 0 aromatic carbocycles. The highest BCUT2D eigenvalue weighted by Gasteiger charge is 2.10. The van der Waals surface area contributed by atoms with E-state index >= 15 is 0 Å². The van der Waals surface area contributed by atoms with Gasteiger partial charge in [-0.05, 0) is 6.07 Å². The molecule has 0 bridgehead atoms. The van der Waals surface area contributed by atoms with Crippen molar-refractivity contribution in [2.75, 3.05) is 12.4 Å². The third kappa shape index (κ3) is 2.60. The minimum absolute atomic E-state index is 0.209. The average molecular weight is 232 g/mol. The summed E-state index contributed by atoms with van der Waals surface area (Å²) in [7, 11) is 1.75. The SMILES string of the molecule is CNc1ccncc1C(=O)NCc1ccno1. The lowest BCUT2D eigenvalue weighted by atomic mass is 10.2. The first-order valence-corrected chi connectivity index (χ1v) is 5.11. The summed E-state index contributed by atoms with van der Waals surface area (Å²) in [5, 5.41) is 9.21. The Labute approximate surface area is 98.0 Å². The van der Waals surface area contributed by atoms with E-state index in [1.165, 1.54) is 12.4 Å². The van der Waals surface area contributed by atoms with Crippen LogP contribution in [0.3, 0.4) is 0 Å². The smallest absolute Gasteiger partial charge is 0.255 e. The molecule has 2 aromatic rings. The maximum absolute atomic E-state index is 11.9. The number of hydrogen-bond donors (Lipinski definition) is 2. The highest BCUT2D eigenvalue weighted by Crippen LogP contribution is 2.12. The standard InChI is InChI=1S/C11H12N4O2/c1-12-10-3-4-13-7-9(10)11(16)14-6-8-2-5-15-17-8/h2-5,7H,6H2,1H3,(H,12,13)(H,14,16). The van der Waals surface area contributed by atoms with Gasteiger partial charge in [-0.25, -0.2) is 0 Å². The molecule has 0 aliphatic carbocycles. The second-order valence-corrected chi connectivity index (χ2v) is 3.33. The van der Waals surface area contributed by atoms with Crippen molar-refractivity contribution in [3.8, 4) is 0 Å². The van der Waals surface area contributed by atoms with Gasteiger partial charge in [0, 0.05) is 31.2 Å². The van der Waals surface area contributed by atoms with Crippen LogP contribution < -0.4 is 10.6 Å². The fraction of sp³-hybridized carbons (Fsp3) is 0.182.